The fraction of sp³-hybridized carbons (Fsp3) is 0.852. The first-order valence-electron chi connectivity index (χ1n) is 12.3. The summed E-state index contributed by atoms with van der Waals surface area (Å²) in [5.74, 6) is 3.65. The molecule has 5 atom stereocenters. The summed E-state index contributed by atoms with van der Waals surface area (Å²) >= 11 is 0. The van der Waals surface area contributed by atoms with Gasteiger partial charge in [-0.05, 0) is 80.5 Å². The van der Waals surface area contributed by atoms with Crippen LogP contribution in [0.4, 0.5) is 0 Å². The molecule has 0 saturated heterocycles. The fourth-order valence-corrected chi connectivity index (χ4v) is 7.98. The summed E-state index contributed by atoms with van der Waals surface area (Å²) in [6.07, 6.45) is 19.8. The summed E-state index contributed by atoms with van der Waals surface area (Å²) in [5, 5.41) is 0. The number of hydrogen-bond acceptors (Lipinski definition) is 0. The maximum atomic E-state index is 2.69. The van der Waals surface area contributed by atoms with E-state index in [1.807, 2.05) is 16.7 Å². The minimum absolute atomic E-state index is 0.453. The molecule has 0 amide bonds. The first kappa shape index (κ1) is 19.8. The van der Waals surface area contributed by atoms with Crippen LogP contribution in [0.25, 0.3) is 0 Å². The Morgan fingerprint density at radius 1 is 1.00 bits per heavy atom. The lowest BCUT2D eigenvalue weighted by Gasteiger charge is -2.51. The van der Waals surface area contributed by atoms with Crippen molar-refractivity contribution < 1.29 is 0 Å². The Kier molecular flexibility index (Phi) is 5.41. The molecule has 0 spiro atoms. The minimum atomic E-state index is 0.453. The molecule has 4 aliphatic rings. The van der Waals surface area contributed by atoms with Crippen LogP contribution in [-0.2, 0) is 0 Å². The van der Waals surface area contributed by atoms with E-state index < -0.39 is 0 Å². The van der Waals surface area contributed by atoms with Gasteiger partial charge in [0.1, 0.15) is 0 Å². The van der Waals surface area contributed by atoms with Crippen LogP contribution in [0.1, 0.15) is 112 Å². The van der Waals surface area contributed by atoms with Gasteiger partial charge < -0.3 is 0 Å². The first-order valence-corrected chi connectivity index (χ1v) is 12.3. The molecule has 0 aromatic heterocycles. The van der Waals surface area contributed by atoms with Crippen molar-refractivity contribution in [2.24, 2.45) is 34.5 Å². The SMILES string of the molecule is CC(C)CCC[C@@H](C)[C@H]1CC[C@H]2C3=C(CC[C@]12C)[C@@]1(C)CCCCC1=CC3. The van der Waals surface area contributed by atoms with Crippen molar-refractivity contribution in [3.63, 3.8) is 0 Å². The summed E-state index contributed by atoms with van der Waals surface area (Å²) < 4.78 is 0. The maximum Gasteiger partial charge on any atom is 0.00952 e. The second kappa shape index (κ2) is 7.38. The normalized spacial score (nSPS) is 39.7. The molecule has 0 unspecified atom stereocenters. The zero-order valence-corrected chi connectivity index (χ0v) is 18.9. The van der Waals surface area contributed by atoms with Crippen molar-refractivity contribution >= 4 is 0 Å². The van der Waals surface area contributed by atoms with Gasteiger partial charge in [0, 0.05) is 5.41 Å². The molecular formula is C27H44. The van der Waals surface area contributed by atoms with Crippen molar-refractivity contribution in [3.05, 3.63) is 22.8 Å². The smallest absolute Gasteiger partial charge is 0.00952 e. The molecule has 0 heterocycles. The Balaban J connectivity index is 1.53. The first-order chi connectivity index (χ1) is 12.9. The quantitative estimate of drug-likeness (QED) is 0.427. The lowest BCUT2D eigenvalue weighted by molar-refractivity contribution is 0.0954. The van der Waals surface area contributed by atoms with Gasteiger partial charge in [0.15, 0.2) is 0 Å². The molecule has 152 valence electrons. The zero-order chi connectivity index (χ0) is 19.2. The van der Waals surface area contributed by atoms with Gasteiger partial charge in [-0.1, -0.05) is 83.1 Å². The third kappa shape index (κ3) is 3.28. The van der Waals surface area contributed by atoms with Crippen LogP contribution in [-0.4, -0.2) is 0 Å². The Bertz CT molecular complexity index is 620. The average Bonchev–Trinajstić information content (AvgIpc) is 2.98. The topological polar surface area (TPSA) is 0 Å². The largest absolute Gasteiger partial charge is 0.0804 e. The van der Waals surface area contributed by atoms with E-state index in [1.165, 1.54) is 77.0 Å². The number of allylic oxidation sites excluding steroid dienone is 4. The molecular weight excluding hydrogens is 324 g/mol. The molecule has 0 bridgehead atoms. The molecule has 0 N–H and O–H groups in total. The molecule has 0 heteroatoms. The van der Waals surface area contributed by atoms with Crippen LogP contribution in [0.5, 0.6) is 0 Å². The average molecular weight is 369 g/mol. The molecule has 2 saturated carbocycles. The van der Waals surface area contributed by atoms with E-state index in [2.05, 4.69) is 40.7 Å². The van der Waals surface area contributed by atoms with Crippen LogP contribution < -0.4 is 0 Å². The van der Waals surface area contributed by atoms with Gasteiger partial charge in [-0.25, -0.2) is 0 Å². The van der Waals surface area contributed by atoms with Gasteiger partial charge >= 0.3 is 0 Å². The summed E-state index contributed by atoms with van der Waals surface area (Å²) in [6.45, 7) is 12.6. The molecule has 4 aliphatic carbocycles. The molecule has 2 fully saturated rings. The molecule has 27 heavy (non-hydrogen) atoms. The van der Waals surface area contributed by atoms with Crippen molar-refractivity contribution in [1.82, 2.24) is 0 Å². The fourth-order valence-electron chi connectivity index (χ4n) is 7.98. The second-order valence-electron chi connectivity index (χ2n) is 11.5. The molecule has 4 rings (SSSR count). The van der Waals surface area contributed by atoms with Crippen LogP contribution in [0.3, 0.4) is 0 Å². The van der Waals surface area contributed by atoms with E-state index in [0.717, 1.165) is 23.7 Å². The standard InChI is InChI=1S/C27H44/c1-19(2)9-8-10-20(3)23-14-15-24-22-13-12-21-11-6-7-17-26(21,4)25(22)16-18-27(23,24)5/h12,19-20,23-24H,6-11,13-18H2,1-5H3/t20-,23-,24+,26+,27-/m1/s1. The summed E-state index contributed by atoms with van der Waals surface area (Å²) in [7, 11) is 0. The van der Waals surface area contributed by atoms with Gasteiger partial charge in [-0.3, -0.25) is 0 Å². The van der Waals surface area contributed by atoms with Gasteiger partial charge in [0.05, 0.1) is 0 Å². The Hall–Kier alpha value is -0.520. The van der Waals surface area contributed by atoms with E-state index in [4.69, 9.17) is 0 Å². The van der Waals surface area contributed by atoms with Crippen molar-refractivity contribution in [1.29, 1.82) is 0 Å². The zero-order valence-electron chi connectivity index (χ0n) is 18.9. The molecule has 0 aliphatic heterocycles. The summed E-state index contributed by atoms with van der Waals surface area (Å²) in [5.41, 5.74) is 6.71. The Labute approximate surface area is 169 Å². The Morgan fingerprint density at radius 3 is 2.59 bits per heavy atom. The highest BCUT2D eigenvalue weighted by atomic mass is 14.6. The monoisotopic (exact) mass is 368 g/mol. The summed E-state index contributed by atoms with van der Waals surface area (Å²) in [6, 6.07) is 0. The Morgan fingerprint density at radius 2 is 1.81 bits per heavy atom. The molecule has 0 nitrogen and oxygen atoms in total. The predicted octanol–water partition coefficient (Wildman–Crippen LogP) is 8.48. The van der Waals surface area contributed by atoms with Crippen molar-refractivity contribution in [2.75, 3.05) is 0 Å². The van der Waals surface area contributed by atoms with E-state index >= 15 is 0 Å². The lowest BCUT2D eigenvalue weighted by atomic mass is 9.53. The molecule has 0 aromatic carbocycles. The highest BCUT2D eigenvalue weighted by molar-refractivity contribution is 5.43. The van der Waals surface area contributed by atoms with E-state index in [-0.39, 0.29) is 0 Å². The van der Waals surface area contributed by atoms with Gasteiger partial charge in [-0.15, -0.1) is 0 Å². The van der Waals surface area contributed by atoms with Crippen LogP contribution >= 0.6 is 0 Å². The minimum Gasteiger partial charge on any atom is -0.0804 e. The van der Waals surface area contributed by atoms with Crippen LogP contribution in [0.15, 0.2) is 22.8 Å². The number of rotatable bonds is 5. The molecule has 0 radical (unpaired) electrons. The lowest BCUT2D eigenvalue weighted by Crippen LogP contribution is -2.40. The third-order valence-electron chi connectivity index (χ3n) is 9.58. The number of hydrogen-bond donors (Lipinski definition) is 0. The predicted molar refractivity (Wildman–Crippen MR) is 118 cm³/mol. The maximum absolute atomic E-state index is 2.69. The van der Waals surface area contributed by atoms with Crippen molar-refractivity contribution in [3.8, 4) is 0 Å². The van der Waals surface area contributed by atoms with E-state index in [1.54, 1.807) is 0 Å². The second-order valence-corrected chi connectivity index (χ2v) is 11.5. The third-order valence-corrected chi connectivity index (χ3v) is 9.58. The van der Waals surface area contributed by atoms with Gasteiger partial charge in [0.2, 0.25) is 0 Å². The van der Waals surface area contributed by atoms with E-state index in [0.29, 0.717) is 10.8 Å². The summed E-state index contributed by atoms with van der Waals surface area (Å²) in [4.78, 5) is 0. The van der Waals surface area contributed by atoms with Gasteiger partial charge in [0.25, 0.3) is 0 Å². The van der Waals surface area contributed by atoms with E-state index in [9.17, 15) is 0 Å². The van der Waals surface area contributed by atoms with Crippen LogP contribution in [0.2, 0.25) is 0 Å². The molecule has 0 aromatic rings. The number of fused-ring (bicyclic) bond motifs is 4. The van der Waals surface area contributed by atoms with Gasteiger partial charge in [-0.2, -0.15) is 0 Å². The van der Waals surface area contributed by atoms with Crippen LogP contribution in [0, 0.1) is 34.5 Å². The highest BCUT2D eigenvalue weighted by Crippen LogP contribution is 2.64. The van der Waals surface area contributed by atoms with Crippen molar-refractivity contribution in [2.45, 2.75) is 112 Å². The highest BCUT2D eigenvalue weighted by Gasteiger charge is 2.54.